The standard InChI is InChI=1S/C10H17ClO2/c1-2-3-4-5-6-13-10(12)8-7-9(8)11/h8-9H,2-7H2,1H3. The van der Waals surface area contributed by atoms with Crippen LogP contribution in [0.25, 0.3) is 0 Å². The van der Waals surface area contributed by atoms with Gasteiger partial charge < -0.3 is 4.74 Å². The van der Waals surface area contributed by atoms with E-state index in [1.54, 1.807) is 0 Å². The van der Waals surface area contributed by atoms with Gasteiger partial charge in [0.15, 0.2) is 0 Å². The molecule has 1 aliphatic carbocycles. The summed E-state index contributed by atoms with van der Waals surface area (Å²) >= 11 is 5.71. The average Bonchev–Trinajstić information content (AvgIpc) is 2.82. The van der Waals surface area contributed by atoms with Gasteiger partial charge >= 0.3 is 5.97 Å². The van der Waals surface area contributed by atoms with Crippen molar-refractivity contribution in [2.75, 3.05) is 6.61 Å². The molecule has 0 aromatic carbocycles. The van der Waals surface area contributed by atoms with Gasteiger partial charge in [-0.1, -0.05) is 26.2 Å². The second-order valence-electron chi connectivity index (χ2n) is 3.59. The zero-order valence-electron chi connectivity index (χ0n) is 8.09. The number of ether oxygens (including phenoxy) is 1. The van der Waals surface area contributed by atoms with Crippen molar-refractivity contribution in [3.8, 4) is 0 Å². The molecule has 0 N–H and O–H groups in total. The Labute approximate surface area is 84.6 Å². The Morgan fingerprint density at radius 1 is 1.46 bits per heavy atom. The molecule has 2 nitrogen and oxygen atoms in total. The van der Waals surface area contributed by atoms with Crippen molar-refractivity contribution in [1.82, 2.24) is 0 Å². The van der Waals surface area contributed by atoms with Crippen LogP contribution in [0.5, 0.6) is 0 Å². The number of hydrogen-bond donors (Lipinski definition) is 0. The molecular weight excluding hydrogens is 188 g/mol. The monoisotopic (exact) mass is 204 g/mol. The molecule has 2 atom stereocenters. The lowest BCUT2D eigenvalue weighted by Gasteiger charge is -2.02. The Bertz CT molecular complexity index is 170. The minimum Gasteiger partial charge on any atom is -0.465 e. The molecule has 0 heterocycles. The fraction of sp³-hybridized carbons (Fsp3) is 0.900. The van der Waals surface area contributed by atoms with Crippen molar-refractivity contribution in [3.63, 3.8) is 0 Å². The van der Waals surface area contributed by atoms with Crippen molar-refractivity contribution in [1.29, 1.82) is 0 Å². The van der Waals surface area contributed by atoms with Crippen molar-refractivity contribution in [2.45, 2.75) is 44.4 Å². The maximum absolute atomic E-state index is 11.1. The van der Waals surface area contributed by atoms with Gasteiger partial charge in [-0.25, -0.2) is 0 Å². The third-order valence-corrected chi connectivity index (χ3v) is 2.74. The first-order chi connectivity index (χ1) is 6.25. The molecule has 0 aliphatic heterocycles. The molecule has 0 aromatic rings. The van der Waals surface area contributed by atoms with E-state index in [1.807, 2.05) is 0 Å². The highest BCUT2D eigenvalue weighted by molar-refractivity contribution is 6.24. The van der Waals surface area contributed by atoms with Crippen LogP contribution in [0.15, 0.2) is 0 Å². The summed E-state index contributed by atoms with van der Waals surface area (Å²) < 4.78 is 5.06. The van der Waals surface area contributed by atoms with E-state index in [2.05, 4.69) is 6.92 Å². The first-order valence-electron chi connectivity index (χ1n) is 5.06. The van der Waals surface area contributed by atoms with Crippen molar-refractivity contribution >= 4 is 17.6 Å². The maximum atomic E-state index is 11.1. The fourth-order valence-electron chi connectivity index (χ4n) is 1.22. The van der Waals surface area contributed by atoms with Gasteiger partial charge in [0.25, 0.3) is 0 Å². The van der Waals surface area contributed by atoms with Gasteiger partial charge in [0, 0.05) is 5.38 Å². The molecule has 0 bridgehead atoms. The first kappa shape index (κ1) is 10.8. The molecule has 13 heavy (non-hydrogen) atoms. The van der Waals surface area contributed by atoms with Gasteiger partial charge in [-0.05, 0) is 12.8 Å². The van der Waals surface area contributed by atoms with Crippen LogP contribution >= 0.6 is 11.6 Å². The van der Waals surface area contributed by atoms with Crippen LogP contribution in [-0.2, 0) is 9.53 Å². The smallest absolute Gasteiger partial charge is 0.310 e. The molecule has 3 heteroatoms. The van der Waals surface area contributed by atoms with Crippen molar-refractivity contribution in [2.24, 2.45) is 5.92 Å². The first-order valence-corrected chi connectivity index (χ1v) is 5.50. The molecule has 1 fully saturated rings. The zero-order valence-corrected chi connectivity index (χ0v) is 8.85. The van der Waals surface area contributed by atoms with Gasteiger partial charge in [0.2, 0.25) is 0 Å². The van der Waals surface area contributed by atoms with Gasteiger partial charge in [-0.15, -0.1) is 11.6 Å². The molecule has 0 saturated heterocycles. The van der Waals surface area contributed by atoms with Crippen LogP contribution in [0.1, 0.15) is 39.0 Å². The number of unbranched alkanes of at least 4 members (excludes halogenated alkanes) is 3. The lowest BCUT2D eigenvalue weighted by Crippen LogP contribution is -2.09. The highest BCUT2D eigenvalue weighted by Gasteiger charge is 2.42. The summed E-state index contributed by atoms with van der Waals surface area (Å²) in [6, 6.07) is 0. The van der Waals surface area contributed by atoms with E-state index in [0.29, 0.717) is 6.61 Å². The maximum Gasteiger partial charge on any atom is 0.310 e. The van der Waals surface area contributed by atoms with E-state index in [-0.39, 0.29) is 17.3 Å². The summed E-state index contributed by atoms with van der Waals surface area (Å²) in [6.45, 7) is 2.73. The molecule has 2 unspecified atom stereocenters. The molecule has 1 aliphatic rings. The largest absolute Gasteiger partial charge is 0.465 e. The quantitative estimate of drug-likeness (QED) is 0.378. The van der Waals surface area contributed by atoms with Gasteiger partial charge in [-0.3, -0.25) is 4.79 Å². The van der Waals surface area contributed by atoms with E-state index in [4.69, 9.17) is 16.3 Å². The predicted molar refractivity (Wildman–Crippen MR) is 52.8 cm³/mol. The Morgan fingerprint density at radius 2 is 2.15 bits per heavy atom. The molecule has 0 radical (unpaired) electrons. The van der Waals surface area contributed by atoms with Crippen LogP contribution in [-0.4, -0.2) is 18.0 Å². The summed E-state index contributed by atoms with van der Waals surface area (Å²) in [5.41, 5.74) is 0. The minimum atomic E-state index is -0.100. The molecule has 0 spiro atoms. The number of esters is 1. The molecule has 76 valence electrons. The normalized spacial score (nSPS) is 25.7. The van der Waals surface area contributed by atoms with Crippen LogP contribution < -0.4 is 0 Å². The van der Waals surface area contributed by atoms with Gasteiger partial charge in [0.05, 0.1) is 12.5 Å². The molecule has 1 rings (SSSR count). The second-order valence-corrected chi connectivity index (χ2v) is 4.15. The number of rotatable bonds is 6. The third-order valence-electron chi connectivity index (χ3n) is 2.26. The molecule has 0 aromatic heterocycles. The number of hydrogen-bond acceptors (Lipinski definition) is 2. The van der Waals surface area contributed by atoms with Gasteiger partial charge in [0.1, 0.15) is 0 Å². The van der Waals surface area contributed by atoms with Crippen LogP contribution in [0.3, 0.4) is 0 Å². The Kier molecular flexibility index (Phi) is 4.57. The van der Waals surface area contributed by atoms with Crippen LogP contribution in [0.4, 0.5) is 0 Å². The van der Waals surface area contributed by atoms with Crippen LogP contribution in [0.2, 0.25) is 0 Å². The SMILES string of the molecule is CCCCCCOC(=O)C1CC1Cl. The topological polar surface area (TPSA) is 26.3 Å². The summed E-state index contributed by atoms with van der Waals surface area (Å²) in [4.78, 5) is 11.1. The third kappa shape index (κ3) is 3.99. The Balaban J connectivity index is 1.91. The lowest BCUT2D eigenvalue weighted by atomic mass is 10.2. The highest BCUT2D eigenvalue weighted by atomic mass is 35.5. The van der Waals surface area contributed by atoms with Gasteiger partial charge in [-0.2, -0.15) is 0 Å². The molecule has 0 amide bonds. The van der Waals surface area contributed by atoms with Crippen molar-refractivity contribution < 1.29 is 9.53 Å². The summed E-state index contributed by atoms with van der Waals surface area (Å²) in [5.74, 6) is -0.107. The fourth-order valence-corrected chi connectivity index (χ4v) is 1.51. The second kappa shape index (κ2) is 5.48. The zero-order chi connectivity index (χ0) is 9.68. The Hall–Kier alpha value is -0.240. The molecular formula is C10H17ClO2. The van der Waals surface area contributed by atoms with E-state index in [9.17, 15) is 4.79 Å². The van der Waals surface area contributed by atoms with E-state index >= 15 is 0 Å². The summed E-state index contributed by atoms with van der Waals surface area (Å²) in [6.07, 6.45) is 5.37. The lowest BCUT2D eigenvalue weighted by molar-refractivity contribution is -0.145. The average molecular weight is 205 g/mol. The Morgan fingerprint density at radius 3 is 2.69 bits per heavy atom. The summed E-state index contributed by atoms with van der Waals surface area (Å²) in [7, 11) is 0. The number of carbonyl (C=O) groups is 1. The van der Waals surface area contributed by atoms with E-state index in [1.165, 1.54) is 12.8 Å². The number of alkyl halides is 1. The van der Waals surface area contributed by atoms with E-state index < -0.39 is 0 Å². The summed E-state index contributed by atoms with van der Waals surface area (Å²) in [5, 5.41) is 0.0446. The minimum absolute atomic E-state index is 0.00663. The number of halogens is 1. The highest BCUT2D eigenvalue weighted by Crippen LogP contribution is 2.36. The molecule has 1 saturated carbocycles. The number of carbonyl (C=O) groups excluding carboxylic acids is 1. The van der Waals surface area contributed by atoms with E-state index in [0.717, 1.165) is 19.3 Å². The van der Waals surface area contributed by atoms with Crippen LogP contribution in [0, 0.1) is 5.92 Å². The predicted octanol–water partition coefficient (Wildman–Crippen LogP) is 2.74. The van der Waals surface area contributed by atoms with Crippen molar-refractivity contribution in [3.05, 3.63) is 0 Å².